The zero-order chi connectivity index (χ0) is 17.1. The maximum Gasteiger partial charge on any atom is 0.141 e. The van der Waals surface area contributed by atoms with Crippen molar-refractivity contribution in [1.82, 2.24) is 9.97 Å². The fourth-order valence-electron chi connectivity index (χ4n) is 2.67. The molecule has 0 bridgehead atoms. The minimum atomic E-state index is 0.0869. The van der Waals surface area contributed by atoms with Gasteiger partial charge in [0, 0.05) is 24.5 Å². The lowest BCUT2D eigenvalue weighted by Gasteiger charge is -2.19. The van der Waals surface area contributed by atoms with Gasteiger partial charge in [-0.1, -0.05) is 12.1 Å². The van der Waals surface area contributed by atoms with Crippen LogP contribution in [0.2, 0.25) is 0 Å². The molecule has 3 rings (SSSR count). The summed E-state index contributed by atoms with van der Waals surface area (Å²) in [5, 5.41) is 12.4. The van der Waals surface area contributed by atoms with Crippen LogP contribution in [0.15, 0.2) is 29.6 Å². The molecule has 0 aliphatic carbocycles. The Morgan fingerprint density at radius 3 is 2.62 bits per heavy atom. The third kappa shape index (κ3) is 3.20. The van der Waals surface area contributed by atoms with E-state index in [1.807, 2.05) is 37.9 Å². The van der Waals surface area contributed by atoms with Gasteiger partial charge >= 0.3 is 0 Å². The van der Waals surface area contributed by atoms with Gasteiger partial charge in [0.05, 0.1) is 18.6 Å². The number of nitrogens with zero attached hydrogens (tertiary/aromatic N) is 3. The second-order valence-electron chi connectivity index (χ2n) is 5.53. The molecule has 1 aromatic carbocycles. The van der Waals surface area contributed by atoms with Crippen molar-refractivity contribution < 1.29 is 9.84 Å². The first-order valence-electron chi connectivity index (χ1n) is 7.95. The number of fused-ring (bicyclic) bond motifs is 1. The van der Waals surface area contributed by atoms with E-state index in [4.69, 9.17) is 4.74 Å². The van der Waals surface area contributed by atoms with E-state index < -0.39 is 0 Å². The highest BCUT2D eigenvalue weighted by Gasteiger charge is 2.17. The number of hydrogen-bond donors (Lipinski definition) is 1. The Balaban J connectivity index is 2.11. The minimum absolute atomic E-state index is 0.0869. The monoisotopic (exact) mass is 343 g/mol. The predicted octanol–water partition coefficient (Wildman–Crippen LogP) is 3.49. The van der Waals surface area contributed by atoms with Gasteiger partial charge in [0.1, 0.15) is 22.2 Å². The Labute approximate surface area is 145 Å². The van der Waals surface area contributed by atoms with Crippen molar-refractivity contribution in [2.45, 2.75) is 13.8 Å². The van der Waals surface area contributed by atoms with Crippen LogP contribution in [0.3, 0.4) is 0 Å². The van der Waals surface area contributed by atoms with Crippen molar-refractivity contribution >= 4 is 27.4 Å². The van der Waals surface area contributed by atoms with E-state index in [-0.39, 0.29) is 6.61 Å². The highest BCUT2D eigenvalue weighted by molar-refractivity contribution is 7.17. The van der Waals surface area contributed by atoms with E-state index in [2.05, 4.69) is 27.5 Å². The highest BCUT2D eigenvalue weighted by atomic mass is 32.1. The number of likely N-dealkylation sites (N-methyl/N-ethyl adjacent to an activating group) is 1. The average Bonchev–Trinajstić information content (AvgIpc) is 2.99. The van der Waals surface area contributed by atoms with E-state index in [1.165, 1.54) is 0 Å². The fraction of sp³-hybridized carbons (Fsp3) is 0.333. The zero-order valence-corrected chi connectivity index (χ0v) is 14.9. The Kier molecular flexibility index (Phi) is 4.97. The second-order valence-corrected chi connectivity index (χ2v) is 6.38. The van der Waals surface area contributed by atoms with Gasteiger partial charge in [-0.25, -0.2) is 9.97 Å². The molecule has 3 aromatic rings. The molecule has 1 N–H and O–H groups in total. The van der Waals surface area contributed by atoms with Gasteiger partial charge < -0.3 is 14.7 Å². The summed E-state index contributed by atoms with van der Waals surface area (Å²) >= 11 is 1.62. The Morgan fingerprint density at radius 2 is 1.96 bits per heavy atom. The number of ether oxygens (including phenoxy) is 1. The van der Waals surface area contributed by atoms with E-state index in [0.29, 0.717) is 13.2 Å². The molecule has 2 heterocycles. The van der Waals surface area contributed by atoms with Crippen molar-refractivity contribution in [3.63, 3.8) is 0 Å². The molecule has 0 saturated heterocycles. The summed E-state index contributed by atoms with van der Waals surface area (Å²) in [7, 11) is 1.94. The van der Waals surface area contributed by atoms with Crippen LogP contribution in [-0.2, 0) is 0 Å². The van der Waals surface area contributed by atoms with Gasteiger partial charge in [0.2, 0.25) is 0 Å². The number of anilines is 1. The normalized spacial score (nSPS) is 11.0. The molecular weight excluding hydrogens is 322 g/mol. The van der Waals surface area contributed by atoms with Crippen LogP contribution in [-0.4, -0.2) is 41.9 Å². The quantitative estimate of drug-likeness (QED) is 0.742. The Bertz CT molecular complexity index is 830. The van der Waals surface area contributed by atoms with Crippen LogP contribution in [0.1, 0.15) is 12.7 Å². The Hall–Kier alpha value is -2.18. The summed E-state index contributed by atoms with van der Waals surface area (Å²) in [5.41, 5.74) is 2.22. The molecule has 0 amide bonds. The molecule has 0 aliphatic heterocycles. The largest absolute Gasteiger partial charge is 0.494 e. The molecule has 24 heavy (non-hydrogen) atoms. The van der Waals surface area contributed by atoms with Crippen LogP contribution in [0.4, 0.5) is 5.82 Å². The van der Waals surface area contributed by atoms with Gasteiger partial charge in [0.15, 0.2) is 0 Å². The summed E-state index contributed by atoms with van der Waals surface area (Å²) in [4.78, 5) is 12.1. The molecule has 6 heteroatoms. The summed E-state index contributed by atoms with van der Waals surface area (Å²) in [6.45, 7) is 5.15. The summed E-state index contributed by atoms with van der Waals surface area (Å²) in [5.74, 6) is 2.46. The third-order valence-electron chi connectivity index (χ3n) is 3.80. The van der Waals surface area contributed by atoms with Gasteiger partial charge in [-0.2, -0.15) is 0 Å². The van der Waals surface area contributed by atoms with E-state index in [0.717, 1.165) is 38.7 Å². The van der Waals surface area contributed by atoms with Gasteiger partial charge in [-0.15, -0.1) is 11.3 Å². The molecular formula is C18H21N3O2S. The zero-order valence-electron chi connectivity index (χ0n) is 14.1. The van der Waals surface area contributed by atoms with Crippen LogP contribution in [0.25, 0.3) is 21.3 Å². The van der Waals surface area contributed by atoms with Crippen molar-refractivity contribution in [2.24, 2.45) is 0 Å². The first-order valence-corrected chi connectivity index (χ1v) is 8.83. The molecule has 5 nitrogen and oxygen atoms in total. The first-order chi connectivity index (χ1) is 11.6. The molecule has 0 aliphatic rings. The maximum atomic E-state index is 9.26. The predicted molar refractivity (Wildman–Crippen MR) is 99.1 cm³/mol. The van der Waals surface area contributed by atoms with Crippen molar-refractivity contribution in [3.05, 3.63) is 35.5 Å². The molecule has 2 aromatic heterocycles. The van der Waals surface area contributed by atoms with Crippen molar-refractivity contribution in [3.8, 4) is 16.9 Å². The van der Waals surface area contributed by atoms with Crippen molar-refractivity contribution in [2.75, 3.05) is 31.7 Å². The smallest absolute Gasteiger partial charge is 0.141 e. The molecule has 0 unspecified atom stereocenters. The molecule has 126 valence electrons. The number of aliphatic hydroxyl groups is 1. The first kappa shape index (κ1) is 16.7. The molecule has 0 spiro atoms. The highest BCUT2D eigenvalue weighted by Crippen LogP contribution is 2.38. The Morgan fingerprint density at radius 1 is 1.21 bits per heavy atom. The van der Waals surface area contributed by atoms with E-state index >= 15 is 0 Å². The molecule has 0 radical (unpaired) electrons. The molecule has 0 saturated carbocycles. The maximum absolute atomic E-state index is 9.26. The van der Waals surface area contributed by atoms with Gasteiger partial charge in [0.25, 0.3) is 0 Å². The topological polar surface area (TPSA) is 58.5 Å². The number of aromatic nitrogens is 2. The van der Waals surface area contributed by atoms with Crippen LogP contribution >= 0.6 is 11.3 Å². The van der Waals surface area contributed by atoms with Gasteiger partial charge in [-0.05, 0) is 31.5 Å². The SMILES string of the molecule is CCOc1ccc(-c2csc3nc(C)nc(N(C)CCO)c23)cc1. The van der Waals surface area contributed by atoms with Crippen molar-refractivity contribution in [1.29, 1.82) is 0 Å². The number of hydrogen-bond acceptors (Lipinski definition) is 6. The van der Waals surface area contributed by atoms with Crippen LogP contribution in [0.5, 0.6) is 5.75 Å². The van der Waals surface area contributed by atoms with Gasteiger partial charge in [-0.3, -0.25) is 0 Å². The minimum Gasteiger partial charge on any atom is -0.494 e. The van der Waals surface area contributed by atoms with E-state index in [9.17, 15) is 5.11 Å². The van der Waals surface area contributed by atoms with Crippen LogP contribution < -0.4 is 9.64 Å². The van der Waals surface area contributed by atoms with E-state index in [1.54, 1.807) is 11.3 Å². The summed E-state index contributed by atoms with van der Waals surface area (Å²) < 4.78 is 5.52. The standard InChI is InChI=1S/C18H21N3O2S/c1-4-23-14-7-5-13(6-8-14)15-11-24-18-16(15)17(19-12(2)20-18)21(3)9-10-22/h5-8,11,22H,4,9-10H2,1-3H3. The second kappa shape index (κ2) is 7.15. The lowest BCUT2D eigenvalue weighted by molar-refractivity contribution is 0.304. The fourth-order valence-corrected chi connectivity index (χ4v) is 3.66. The lowest BCUT2D eigenvalue weighted by Crippen LogP contribution is -2.23. The number of aliphatic hydroxyl groups excluding tert-OH is 1. The molecule has 0 atom stereocenters. The van der Waals surface area contributed by atoms with Crippen LogP contribution in [0, 0.1) is 6.92 Å². The average molecular weight is 343 g/mol. The number of aryl methyl sites for hydroxylation is 1. The molecule has 0 fully saturated rings. The third-order valence-corrected chi connectivity index (χ3v) is 4.67. The number of rotatable bonds is 6. The lowest BCUT2D eigenvalue weighted by atomic mass is 10.1. The number of benzene rings is 1. The summed E-state index contributed by atoms with van der Waals surface area (Å²) in [6, 6.07) is 8.08. The summed E-state index contributed by atoms with van der Waals surface area (Å²) in [6.07, 6.45) is 0. The number of thiophene rings is 1.